The molecule has 0 saturated carbocycles. The van der Waals surface area contributed by atoms with Crippen LogP contribution in [0.1, 0.15) is 0 Å². The van der Waals surface area contributed by atoms with Gasteiger partial charge in [-0.3, -0.25) is 4.21 Å². The number of hydrogen-bond acceptors (Lipinski definition) is 1. The molecule has 1 nitrogen and oxygen atoms in total. The maximum Gasteiger partial charge on any atom is 0.0529 e. The molecule has 1 rings (SSSR count). The summed E-state index contributed by atoms with van der Waals surface area (Å²) >= 11 is 0. The van der Waals surface area contributed by atoms with Crippen molar-refractivity contribution in [3.63, 3.8) is 0 Å². The number of hydrogen-bond donors (Lipinski definition) is 0. The maximum absolute atomic E-state index is 11.1. The van der Waals surface area contributed by atoms with Crippen LogP contribution in [0.5, 0.6) is 0 Å². The van der Waals surface area contributed by atoms with Crippen LogP contribution in [0, 0.1) is 6.92 Å². The molecule has 0 bridgehead atoms. The second-order valence-electron chi connectivity index (χ2n) is 1.86. The van der Waals surface area contributed by atoms with Gasteiger partial charge in [0.05, 0.1) is 10.8 Å². The van der Waals surface area contributed by atoms with Gasteiger partial charge in [0.2, 0.25) is 0 Å². The first-order chi connectivity index (χ1) is 4.84. The molecule has 1 aromatic rings. The molecule has 0 aromatic heterocycles. The standard InChI is InChI=1S/C8H9OS.Pd/c1-2-10(9)8-6-4-3-5-7-8;/h3-7H,1-2H2;. The summed E-state index contributed by atoms with van der Waals surface area (Å²) in [5.41, 5.74) is 0. The zero-order valence-corrected chi connectivity index (χ0v) is 8.30. The van der Waals surface area contributed by atoms with Crippen molar-refractivity contribution in [2.45, 2.75) is 4.90 Å². The van der Waals surface area contributed by atoms with E-state index < -0.39 is 10.8 Å². The first-order valence-electron chi connectivity index (χ1n) is 3.07. The molecule has 1 radical (unpaired) electrons. The van der Waals surface area contributed by atoms with Crippen LogP contribution < -0.4 is 0 Å². The largest absolute Gasteiger partial charge is 0.254 e. The van der Waals surface area contributed by atoms with E-state index in [9.17, 15) is 4.21 Å². The van der Waals surface area contributed by atoms with Gasteiger partial charge in [-0.1, -0.05) is 18.2 Å². The van der Waals surface area contributed by atoms with Gasteiger partial charge < -0.3 is 0 Å². The summed E-state index contributed by atoms with van der Waals surface area (Å²) in [6, 6.07) is 9.36. The SMILES string of the molecule is [CH2]CS(=O)c1ccccc1.[Pd]. The number of benzene rings is 1. The quantitative estimate of drug-likeness (QED) is 0.738. The van der Waals surface area contributed by atoms with Crippen molar-refractivity contribution >= 4 is 10.8 Å². The van der Waals surface area contributed by atoms with Gasteiger partial charge >= 0.3 is 0 Å². The molecule has 1 unspecified atom stereocenters. The Morgan fingerprint density at radius 1 is 1.27 bits per heavy atom. The van der Waals surface area contributed by atoms with Crippen LogP contribution in [0.2, 0.25) is 0 Å². The van der Waals surface area contributed by atoms with Gasteiger partial charge in [-0.15, -0.1) is 0 Å². The van der Waals surface area contributed by atoms with Crippen LogP contribution in [0.3, 0.4) is 0 Å². The Labute approximate surface area is 83.3 Å². The molecule has 3 heteroatoms. The summed E-state index contributed by atoms with van der Waals surface area (Å²) < 4.78 is 11.1. The van der Waals surface area contributed by atoms with Crippen LogP contribution in [0.15, 0.2) is 35.2 Å². The minimum atomic E-state index is -0.901. The molecule has 0 aliphatic rings. The van der Waals surface area contributed by atoms with Crippen LogP contribution in [-0.4, -0.2) is 9.96 Å². The van der Waals surface area contributed by atoms with Crippen molar-refractivity contribution in [2.75, 3.05) is 5.75 Å². The normalized spacial score (nSPS) is 11.7. The van der Waals surface area contributed by atoms with Gasteiger partial charge in [0.15, 0.2) is 0 Å². The van der Waals surface area contributed by atoms with E-state index in [2.05, 4.69) is 6.92 Å². The topological polar surface area (TPSA) is 17.1 Å². The monoisotopic (exact) mass is 259 g/mol. The van der Waals surface area contributed by atoms with Crippen molar-refractivity contribution < 1.29 is 24.6 Å². The predicted molar refractivity (Wildman–Crippen MR) is 43.1 cm³/mol. The van der Waals surface area contributed by atoms with E-state index in [0.717, 1.165) is 4.90 Å². The van der Waals surface area contributed by atoms with E-state index in [0.29, 0.717) is 5.75 Å². The Hall–Kier alpha value is 0.0323. The third-order valence-electron chi connectivity index (χ3n) is 1.19. The van der Waals surface area contributed by atoms with Crippen molar-refractivity contribution in [1.82, 2.24) is 0 Å². The smallest absolute Gasteiger partial charge is 0.0529 e. The van der Waals surface area contributed by atoms with E-state index in [-0.39, 0.29) is 20.4 Å². The average Bonchev–Trinajstić information content (AvgIpc) is 2.05. The fourth-order valence-electron chi connectivity index (χ4n) is 0.690. The molecule has 63 valence electrons. The molecule has 0 N–H and O–H groups in total. The van der Waals surface area contributed by atoms with Crippen molar-refractivity contribution in [3.8, 4) is 0 Å². The summed E-state index contributed by atoms with van der Waals surface area (Å²) in [5.74, 6) is 0.448. The molecular weight excluding hydrogens is 251 g/mol. The summed E-state index contributed by atoms with van der Waals surface area (Å²) in [6.07, 6.45) is 0. The van der Waals surface area contributed by atoms with Crippen LogP contribution in [0.25, 0.3) is 0 Å². The molecule has 1 atom stereocenters. The summed E-state index contributed by atoms with van der Waals surface area (Å²) in [4.78, 5) is 0.859. The molecule has 0 fully saturated rings. The van der Waals surface area contributed by atoms with Gasteiger partial charge in [-0.05, 0) is 19.1 Å². The molecule has 0 saturated heterocycles. The van der Waals surface area contributed by atoms with E-state index in [1.165, 1.54) is 0 Å². The Balaban J connectivity index is 0.000001000. The van der Waals surface area contributed by atoms with Crippen molar-refractivity contribution in [3.05, 3.63) is 37.3 Å². The van der Waals surface area contributed by atoms with Crippen molar-refractivity contribution in [1.29, 1.82) is 0 Å². The minimum Gasteiger partial charge on any atom is -0.254 e. The zero-order chi connectivity index (χ0) is 7.40. The van der Waals surface area contributed by atoms with Gasteiger partial charge in [0, 0.05) is 31.1 Å². The maximum atomic E-state index is 11.1. The average molecular weight is 260 g/mol. The van der Waals surface area contributed by atoms with Gasteiger partial charge in [-0.25, -0.2) is 0 Å². The molecule has 0 aliphatic carbocycles. The molecule has 0 amide bonds. The summed E-state index contributed by atoms with van der Waals surface area (Å²) in [6.45, 7) is 3.56. The van der Waals surface area contributed by atoms with Gasteiger partial charge in [0.25, 0.3) is 0 Å². The van der Waals surface area contributed by atoms with Crippen LogP contribution >= 0.6 is 0 Å². The van der Waals surface area contributed by atoms with Gasteiger partial charge in [0.1, 0.15) is 0 Å². The Morgan fingerprint density at radius 3 is 2.27 bits per heavy atom. The van der Waals surface area contributed by atoms with Crippen LogP contribution in [0.4, 0.5) is 0 Å². The minimum absolute atomic E-state index is 0. The Kier molecular flexibility index (Phi) is 5.67. The fraction of sp³-hybridized carbons (Fsp3) is 0.125. The molecule has 0 aliphatic heterocycles. The third-order valence-corrected chi connectivity index (χ3v) is 2.36. The fourth-order valence-corrected chi connectivity index (χ4v) is 1.39. The van der Waals surface area contributed by atoms with Crippen molar-refractivity contribution in [2.24, 2.45) is 0 Å². The second-order valence-corrected chi connectivity index (χ2v) is 3.43. The first kappa shape index (κ1) is 11.0. The molecule has 1 aromatic carbocycles. The third kappa shape index (κ3) is 3.29. The molecular formula is C8H9OPdS. The van der Waals surface area contributed by atoms with E-state index in [1.54, 1.807) is 0 Å². The Morgan fingerprint density at radius 2 is 1.82 bits per heavy atom. The zero-order valence-electron chi connectivity index (χ0n) is 5.93. The van der Waals surface area contributed by atoms with E-state index in [4.69, 9.17) is 0 Å². The van der Waals surface area contributed by atoms with E-state index >= 15 is 0 Å². The van der Waals surface area contributed by atoms with Gasteiger partial charge in [-0.2, -0.15) is 0 Å². The Bertz CT molecular complexity index is 223. The molecule has 0 spiro atoms. The molecule has 0 heterocycles. The summed E-state index contributed by atoms with van der Waals surface area (Å²) in [5, 5.41) is 0. The number of rotatable bonds is 2. The van der Waals surface area contributed by atoms with E-state index in [1.807, 2.05) is 30.3 Å². The first-order valence-corrected chi connectivity index (χ1v) is 4.39. The second kappa shape index (κ2) is 5.65. The van der Waals surface area contributed by atoms with Crippen LogP contribution in [-0.2, 0) is 31.2 Å². The molecule has 11 heavy (non-hydrogen) atoms. The summed E-state index contributed by atoms with van der Waals surface area (Å²) in [7, 11) is -0.901. The predicted octanol–water partition coefficient (Wildman–Crippen LogP) is 1.63.